The van der Waals surface area contributed by atoms with Crippen molar-refractivity contribution >= 4 is 11.8 Å². The molecule has 0 atom stereocenters. The molecule has 0 fully saturated rings. The van der Waals surface area contributed by atoms with Gasteiger partial charge >= 0.3 is 0 Å². The van der Waals surface area contributed by atoms with E-state index in [-0.39, 0.29) is 30.7 Å². The molecular weight excluding hydrogens is 363 g/mol. The van der Waals surface area contributed by atoms with Crippen LogP contribution >= 0.6 is 0 Å². The molecule has 3 rings (SSSR count). The molecule has 0 bridgehead atoms. The topological polar surface area (TPSA) is 93.0 Å². The van der Waals surface area contributed by atoms with Crippen molar-refractivity contribution in [3.63, 3.8) is 0 Å². The minimum absolute atomic E-state index is 0.0777. The van der Waals surface area contributed by atoms with E-state index in [9.17, 15) is 14.0 Å². The van der Waals surface area contributed by atoms with Crippen molar-refractivity contribution < 1.29 is 14.0 Å². The molecule has 1 N–H and O–H groups in total. The zero-order chi connectivity index (χ0) is 19.9. The number of nitrogens with zero attached hydrogens (tertiary/aromatic N) is 5. The van der Waals surface area contributed by atoms with E-state index in [1.165, 1.54) is 28.0 Å². The van der Waals surface area contributed by atoms with Gasteiger partial charge in [-0.3, -0.25) is 9.59 Å². The molecule has 0 unspecified atom stereocenters. The quantitative estimate of drug-likeness (QED) is 0.670. The highest BCUT2D eigenvalue weighted by atomic mass is 19.1. The Balaban J connectivity index is 1.62. The van der Waals surface area contributed by atoms with Gasteiger partial charge in [0.1, 0.15) is 12.1 Å². The first-order chi connectivity index (χ1) is 13.6. The number of carbonyl (C=O) groups excluding carboxylic acids is 2. The molecule has 0 radical (unpaired) electrons. The molecule has 28 heavy (non-hydrogen) atoms. The molecule has 0 saturated heterocycles. The summed E-state index contributed by atoms with van der Waals surface area (Å²) in [5, 5.41) is 13.7. The van der Waals surface area contributed by atoms with Gasteiger partial charge in [-0.2, -0.15) is 0 Å². The molecule has 3 aromatic rings. The largest absolute Gasteiger partial charge is 0.350 e. The second-order valence-corrected chi connectivity index (χ2v) is 6.03. The zero-order valence-electron chi connectivity index (χ0n) is 15.2. The van der Waals surface area contributed by atoms with E-state index in [4.69, 9.17) is 0 Å². The summed E-state index contributed by atoms with van der Waals surface area (Å²) < 4.78 is 14.4. The summed E-state index contributed by atoms with van der Waals surface area (Å²) in [6.07, 6.45) is 1.43. The van der Waals surface area contributed by atoms with Crippen molar-refractivity contribution in [2.24, 2.45) is 0 Å². The number of halogens is 1. The van der Waals surface area contributed by atoms with Crippen LogP contribution in [0.5, 0.6) is 0 Å². The van der Waals surface area contributed by atoms with Crippen LogP contribution in [0.3, 0.4) is 0 Å². The molecule has 0 aliphatic heterocycles. The van der Waals surface area contributed by atoms with E-state index >= 15 is 0 Å². The molecule has 9 heteroatoms. The first-order valence-electron chi connectivity index (χ1n) is 8.70. The lowest BCUT2D eigenvalue weighted by Gasteiger charge is -2.20. The van der Waals surface area contributed by atoms with Gasteiger partial charge in [0.2, 0.25) is 5.91 Å². The highest BCUT2D eigenvalue weighted by molar-refractivity contribution is 5.97. The summed E-state index contributed by atoms with van der Waals surface area (Å²) >= 11 is 0. The third kappa shape index (κ3) is 4.76. The number of aromatic nitrogens is 4. The van der Waals surface area contributed by atoms with Crippen LogP contribution in [0.4, 0.5) is 4.39 Å². The lowest BCUT2D eigenvalue weighted by Crippen LogP contribution is -2.40. The highest BCUT2D eigenvalue weighted by Gasteiger charge is 2.18. The van der Waals surface area contributed by atoms with Crippen molar-refractivity contribution in [3.8, 4) is 5.69 Å². The molecule has 0 aliphatic rings. The SMILES string of the molecule is CCN(CC(=O)NCc1ccc(F)cc1)C(=O)c1cccc(-n2cnnn2)c1. The molecule has 8 nitrogen and oxygen atoms in total. The number of rotatable bonds is 7. The van der Waals surface area contributed by atoms with Gasteiger partial charge in [-0.15, -0.1) is 5.10 Å². The van der Waals surface area contributed by atoms with Crippen LogP contribution in [0.2, 0.25) is 0 Å². The van der Waals surface area contributed by atoms with Crippen molar-refractivity contribution in [1.29, 1.82) is 0 Å². The summed E-state index contributed by atoms with van der Waals surface area (Å²) in [6.45, 7) is 2.36. The Bertz CT molecular complexity index is 943. The normalized spacial score (nSPS) is 10.5. The molecule has 0 saturated carbocycles. The van der Waals surface area contributed by atoms with Crippen LogP contribution in [0, 0.1) is 5.82 Å². The lowest BCUT2D eigenvalue weighted by atomic mass is 10.1. The second-order valence-electron chi connectivity index (χ2n) is 6.03. The molecule has 144 valence electrons. The summed E-state index contributed by atoms with van der Waals surface area (Å²) in [5.41, 5.74) is 1.85. The number of hydrogen-bond donors (Lipinski definition) is 1. The average molecular weight is 382 g/mol. The molecule has 1 aromatic heterocycles. The van der Waals surface area contributed by atoms with Gasteiger partial charge in [-0.1, -0.05) is 18.2 Å². The van der Waals surface area contributed by atoms with Crippen LogP contribution < -0.4 is 5.32 Å². The van der Waals surface area contributed by atoms with Gasteiger partial charge in [-0.25, -0.2) is 9.07 Å². The van der Waals surface area contributed by atoms with Crippen LogP contribution in [-0.4, -0.2) is 50.0 Å². The fourth-order valence-corrected chi connectivity index (χ4v) is 2.60. The number of hydrogen-bond acceptors (Lipinski definition) is 5. The summed E-state index contributed by atoms with van der Waals surface area (Å²) in [6, 6.07) is 12.7. The minimum Gasteiger partial charge on any atom is -0.350 e. The monoisotopic (exact) mass is 382 g/mol. The van der Waals surface area contributed by atoms with Crippen molar-refractivity contribution in [2.45, 2.75) is 13.5 Å². The van der Waals surface area contributed by atoms with Crippen LogP contribution in [0.1, 0.15) is 22.8 Å². The van der Waals surface area contributed by atoms with E-state index in [0.29, 0.717) is 17.8 Å². The summed E-state index contributed by atoms with van der Waals surface area (Å²) in [5.74, 6) is -0.896. The first-order valence-corrected chi connectivity index (χ1v) is 8.70. The van der Waals surface area contributed by atoms with E-state index in [1.807, 2.05) is 0 Å². The van der Waals surface area contributed by atoms with E-state index < -0.39 is 0 Å². The number of likely N-dealkylation sites (N-methyl/N-ethyl adjacent to an activating group) is 1. The Hall–Kier alpha value is -3.62. The number of nitrogens with one attached hydrogen (secondary N) is 1. The molecule has 2 aromatic carbocycles. The maximum absolute atomic E-state index is 12.9. The van der Waals surface area contributed by atoms with Gasteiger partial charge < -0.3 is 10.2 Å². The molecule has 2 amide bonds. The molecule has 1 heterocycles. The Morgan fingerprint density at radius 1 is 1.18 bits per heavy atom. The Morgan fingerprint density at radius 3 is 2.64 bits per heavy atom. The Kier molecular flexibility index (Phi) is 6.05. The number of tetrazole rings is 1. The van der Waals surface area contributed by atoms with Gasteiger partial charge in [-0.05, 0) is 53.2 Å². The van der Waals surface area contributed by atoms with E-state index in [2.05, 4.69) is 20.8 Å². The fraction of sp³-hybridized carbons (Fsp3) is 0.211. The summed E-state index contributed by atoms with van der Waals surface area (Å²) in [7, 11) is 0. The van der Waals surface area contributed by atoms with Crippen molar-refractivity contribution in [2.75, 3.05) is 13.1 Å². The number of amides is 2. The predicted molar refractivity (Wildman–Crippen MR) is 99.0 cm³/mol. The van der Waals surface area contributed by atoms with Gasteiger partial charge in [0.25, 0.3) is 5.91 Å². The van der Waals surface area contributed by atoms with E-state index in [0.717, 1.165) is 5.56 Å². The third-order valence-electron chi connectivity index (χ3n) is 4.11. The number of carbonyl (C=O) groups is 2. The standard InChI is InChI=1S/C19H19FN6O2/c1-2-25(12-18(27)21-11-14-6-8-16(20)9-7-14)19(28)15-4-3-5-17(10-15)26-13-22-23-24-26/h3-10,13H,2,11-12H2,1H3,(H,21,27). The predicted octanol–water partition coefficient (Wildman–Crippen LogP) is 1.58. The first kappa shape index (κ1) is 19.2. The Morgan fingerprint density at radius 2 is 1.96 bits per heavy atom. The van der Waals surface area contributed by atoms with Crippen LogP contribution in [0.25, 0.3) is 5.69 Å². The zero-order valence-corrected chi connectivity index (χ0v) is 15.2. The van der Waals surface area contributed by atoms with Gasteiger partial charge in [0.15, 0.2) is 0 Å². The number of benzene rings is 2. The summed E-state index contributed by atoms with van der Waals surface area (Å²) in [4.78, 5) is 26.5. The smallest absolute Gasteiger partial charge is 0.254 e. The average Bonchev–Trinajstić information content (AvgIpc) is 3.26. The molecular formula is C19H19FN6O2. The van der Waals surface area contributed by atoms with Gasteiger partial charge in [0, 0.05) is 18.7 Å². The minimum atomic E-state index is -0.332. The highest BCUT2D eigenvalue weighted by Crippen LogP contribution is 2.11. The van der Waals surface area contributed by atoms with Crippen molar-refractivity contribution in [3.05, 3.63) is 71.8 Å². The van der Waals surface area contributed by atoms with Gasteiger partial charge in [0.05, 0.1) is 12.2 Å². The van der Waals surface area contributed by atoms with E-state index in [1.54, 1.807) is 43.3 Å². The van der Waals surface area contributed by atoms with Crippen molar-refractivity contribution in [1.82, 2.24) is 30.4 Å². The maximum atomic E-state index is 12.9. The Labute approximate surface area is 161 Å². The molecule has 0 aliphatic carbocycles. The van der Waals surface area contributed by atoms with Crippen LogP contribution in [0.15, 0.2) is 54.9 Å². The fourth-order valence-electron chi connectivity index (χ4n) is 2.60. The lowest BCUT2D eigenvalue weighted by molar-refractivity contribution is -0.121. The maximum Gasteiger partial charge on any atom is 0.254 e. The molecule has 0 spiro atoms. The van der Waals surface area contributed by atoms with Crippen LogP contribution in [-0.2, 0) is 11.3 Å². The third-order valence-corrected chi connectivity index (χ3v) is 4.11. The second kappa shape index (κ2) is 8.85.